The third-order valence-corrected chi connectivity index (χ3v) is 5.00. The fourth-order valence-corrected chi connectivity index (χ4v) is 3.51. The van der Waals surface area contributed by atoms with Crippen LogP contribution in [0.25, 0.3) is 0 Å². The van der Waals surface area contributed by atoms with E-state index in [-0.39, 0.29) is 36.3 Å². The lowest BCUT2D eigenvalue weighted by atomic mass is 10.2. The summed E-state index contributed by atoms with van der Waals surface area (Å²) in [5.74, 6) is -0.726. The van der Waals surface area contributed by atoms with Gasteiger partial charge in [-0.3, -0.25) is 9.59 Å². The van der Waals surface area contributed by atoms with E-state index in [0.29, 0.717) is 18.0 Å². The summed E-state index contributed by atoms with van der Waals surface area (Å²) in [6.07, 6.45) is -0.103. The molecule has 1 heterocycles. The number of sulfonamides is 1. The number of carbonyl (C=O) groups excluding carboxylic acids is 1. The Morgan fingerprint density at radius 3 is 2.75 bits per heavy atom. The maximum Gasteiger partial charge on any atom is 0.303 e. The number of hydrogen-bond donors (Lipinski definition) is 2. The van der Waals surface area contributed by atoms with Gasteiger partial charge in [0.25, 0.3) is 0 Å². The Kier molecular flexibility index (Phi) is 5.45. The number of amides is 1. The predicted molar refractivity (Wildman–Crippen MR) is 86.6 cm³/mol. The van der Waals surface area contributed by atoms with Crippen LogP contribution in [-0.2, 0) is 19.6 Å². The molecule has 24 heavy (non-hydrogen) atoms. The lowest BCUT2D eigenvalue weighted by Crippen LogP contribution is -2.41. The molecule has 1 aliphatic rings. The second-order valence-electron chi connectivity index (χ2n) is 5.58. The Morgan fingerprint density at radius 2 is 2.12 bits per heavy atom. The van der Waals surface area contributed by atoms with E-state index >= 15 is 0 Å². The number of hydrogen-bond acceptors (Lipinski definition) is 5. The Morgan fingerprint density at radius 1 is 1.42 bits per heavy atom. The average molecular weight is 356 g/mol. The number of carboxylic acid groups (broad SMARTS) is 1. The number of rotatable bonds is 6. The first-order valence-corrected chi connectivity index (χ1v) is 8.99. The van der Waals surface area contributed by atoms with Crippen LogP contribution in [0, 0.1) is 0 Å². The average Bonchev–Trinajstić information content (AvgIpc) is 2.50. The smallest absolute Gasteiger partial charge is 0.303 e. The first kappa shape index (κ1) is 18.2. The molecular formula is C15H20N2O6S. The quantitative estimate of drug-likeness (QED) is 0.734. The lowest BCUT2D eigenvalue weighted by molar-refractivity contribution is -0.137. The summed E-state index contributed by atoms with van der Waals surface area (Å²) < 4.78 is 32.6. The van der Waals surface area contributed by atoms with Crippen LogP contribution in [0.15, 0.2) is 23.1 Å². The van der Waals surface area contributed by atoms with Crippen molar-refractivity contribution in [3.63, 3.8) is 0 Å². The third kappa shape index (κ3) is 4.24. The van der Waals surface area contributed by atoms with Gasteiger partial charge in [-0.25, -0.2) is 13.1 Å². The minimum atomic E-state index is -3.79. The number of carbonyl (C=O) groups is 2. The molecule has 1 unspecified atom stereocenters. The summed E-state index contributed by atoms with van der Waals surface area (Å²) in [6.45, 7) is 3.61. The highest BCUT2D eigenvalue weighted by atomic mass is 32.2. The van der Waals surface area contributed by atoms with E-state index in [0.717, 1.165) is 0 Å². The van der Waals surface area contributed by atoms with Crippen molar-refractivity contribution in [2.45, 2.75) is 37.7 Å². The summed E-state index contributed by atoms with van der Waals surface area (Å²) in [7, 11) is -3.79. The van der Waals surface area contributed by atoms with Gasteiger partial charge in [0.2, 0.25) is 15.9 Å². The molecule has 8 nitrogen and oxygen atoms in total. The SMILES string of the molecule is CC(=O)N1CC(C)Oc2ccc(S(=O)(=O)NCCCC(=O)O)cc21. The molecule has 2 N–H and O–H groups in total. The lowest BCUT2D eigenvalue weighted by Gasteiger charge is -2.33. The molecule has 0 saturated carbocycles. The van der Waals surface area contributed by atoms with Crippen molar-refractivity contribution in [2.24, 2.45) is 0 Å². The standard InChI is InChI=1S/C15H20N2O6S/c1-10-9-17(11(2)18)13-8-12(5-6-14(13)23-10)24(21,22)16-7-3-4-15(19)20/h5-6,8,10,16H,3-4,7,9H2,1-2H3,(H,19,20). The monoisotopic (exact) mass is 356 g/mol. The Bertz CT molecular complexity index is 746. The zero-order valence-corrected chi connectivity index (χ0v) is 14.3. The van der Waals surface area contributed by atoms with E-state index in [1.54, 1.807) is 0 Å². The van der Waals surface area contributed by atoms with Crippen molar-refractivity contribution >= 4 is 27.6 Å². The van der Waals surface area contributed by atoms with E-state index < -0.39 is 16.0 Å². The fraction of sp³-hybridized carbons (Fsp3) is 0.467. The van der Waals surface area contributed by atoms with E-state index in [1.165, 1.54) is 30.0 Å². The van der Waals surface area contributed by atoms with Crippen molar-refractivity contribution < 1.29 is 27.9 Å². The number of nitrogens with zero attached hydrogens (tertiary/aromatic N) is 1. The van der Waals surface area contributed by atoms with Crippen molar-refractivity contribution in [1.29, 1.82) is 0 Å². The molecule has 1 atom stereocenters. The summed E-state index contributed by atoms with van der Waals surface area (Å²) in [5, 5.41) is 8.57. The zero-order valence-electron chi connectivity index (χ0n) is 13.5. The molecule has 9 heteroatoms. The number of carboxylic acids is 1. The summed E-state index contributed by atoms with van der Waals surface area (Å²) in [6, 6.07) is 4.31. The van der Waals surface area contributed by atoms with Gasteiger partial charge in [-0.2, -0.15) is 0 Å². The van der Waals surface area contributed by atoms with Gasteiger partial charge in [0, 0.05) is 19.9 Å². The van der Waals surface area contributed by atoms with Crippen LogP contribution >= 0.6 is 0 Å². The molecular weight excluding hydrogens is 336 g/mol. The van der Waals surface area contributed by atoms with Crippen molar-refractivity contribution in [1.82, 2.24) is 4.72 Å². The van der Waals surface area contributed by atoms with Gasteiger partial charge in [-0.1, -0.05) is 0 Å². The maximum atomic E-state index is 12.3. The molecule has 1 aliphatic heterocycles. The van der Waals surface area contributed by atoms with E-state index in [1.807, 2.05) is 6.92 Å². The first-order valence-electron chi connectivity index (χ1n) is 7.51. The Labute approximate surface area is 140 Å². The molecule has 0 aromatic heterocycles. The topological polar surface area (TPSA) is 113 Å². The molecule has 2 rings (SSSR count). The molecule has 0 radical (unpaired) electrons. The highest BCUT2D eigenvalue weighted by Gasteiger charge is 2.27. The van der Waals surface area contributed by atoms with Gasteiger partial charge in [-0.05, 0) is 31.5 Å². The van der Waals surface area contributed by atoms with Crippen LogP contribution in [0.1, 0.15) is 26.7 Å². The van der Waals surface area contributed by atoms with Crippen LogP contribution < -0.4 is 14.4 Å². The Balaban J connectivity index is 2.21. The largest absolute Gasteiger partial charge is 0.487 e. The highest BCUT2D eigenvalue weighted by molar-refractivity contribution is 7.89. The predicted octanol–water partition coefficient (Wildman–Crippen LogP) is 0.964. The normalized spacial score (nSPS) is 17.1. The summed E-state index contributed by atoms with van der Waals surface area (Å²) in [5.41, 5.74) is 0.411. The van der Waals surface area contributed by atoms with Crippen molar-refractivity contribution in [3.8, 4) is 5.75 Å². The maximum absolute atomic E-state index is 12.3. The molecule has 0 bridgehead atoms. The molecule has 1 aromatic rings. The van der Waals surface area contributed by atoms with Gasteiger partial charge in [0.05, 0.1) is 17.1 Å². The molecule has 1 aromatic carbocycles. The second-order valence-corrected chi connectivity index (χ2v) is 7.35. The molecule has 0 aliphatic carbocycles. The number of anilines is 1. The van der Waals surface area contributed by atoms with Crippen LogP contribution in [0.4, 0.5) is 5.69 Å². The number of aliphatic carboxylic acids is 1. The van der Waals surface area contributed by atoms with E-state index in [4.69, 9.17) is 9.84 Å². The van der Waals surface area contributed by atoms with Gasteiger partial charge in [-0.15, -0.1) is 0 Å². The summed E-state index contributed by atoms with van der Waals surface area (Å²) in [4.78, 5) is 23.7. The van der Waals surface area contributed by atoms with Crippen LogP contribution in [0.5, 0.6) is 5.75 Å². The van der Waals surface area contributed by atoms with Gasteiger partial charge >= 0.3 is 5.97 Å². The van der Waals surface area contributed by atoms with Crippen LogP contribution in [-0.4, -0.2) is 44.6 Å². The number of benzene rings is 1. The van der Waals surface area contributed by atoms with Crippen LogP contribution in [0.2, 0.25) is 0 Å². The molecule has 1 amide bonds. The molecule has 132 valence electrons. The van der Waals surface area contributed by atoms with E-state index in [2.05, 4.69) is 4.72 Å². The minimum Gasteiger partial charge on any atom is -0.487 e. The molecule has 0 fully saturated rings. The number of ether oxygens (including phenoxy) is 1. The van der Waals surface area contributed by atoms with Gasteiger partial charge < -0.3 is 14.7 Å². The van der Waals surface area contributed by atoms with Gasteiger partial charge in [0.1, 0.15) is 11.9 Å². The number of nitrogens with one attached hydrogen (secondary N) is 1. The van der Waals surface area contributed by atoms with Crippen molar-refractivity contribution in [3.05, 3.63) is 18.2 Å². The van der Waals surface area contributed by atoms with Gasteiger partial charge in [0.15, 0.2) is 0 Å². The second kappa shape index (κ2) is 7.18. The fourth-order valence-electron chi connectivity index (χ4n) is 2.41. The first-order chi connectivity index (χ1) is 11.2. The van der Waals surface area contributed by atoms with Crippen LogP contribution in [0.3, 0.4) is 0 Å². The zero-order chi connectivity index (χ0) is 17.9. The van der Waals surface area contributed by atoms with Crippen molar-refractivity contribution in [2.75, 3.05) is 18.0 Å². The minimum absolute atomic E-state index is 0.000906. The summed E-state index contributed by atoms with van der Waals surface area (Å²) >= 11 is 0. The number of fused-ring (bicyclic) bond motifs is 1. The molecule has 0 spiro atoms. The Hall–Kier alpha value is -2.13. The molecule has 0 saturated heterocycles. The van der Waals surface area contributed by atoms with E-state index in [9.17, 15) is 18.0 Å². The highest BCUT2D eigenvalue weighted by Crippen LogP contribution is 2.35. The third-order valence-electron chi connectivity index (χ3n) is 3.54.